The maximum absolute atomic E-state index is 12.8. The first kappa shape index (κ1) is 22.0. The first-order valence-corrected chi connectivity index (χ1v) is 12.3. The Kier molecular flexibility index (Phi) is 6.36. The average molecular weight is 448 g/mol. The summed E-state index contributed by atoms with van der Waals surface area (Å²) in [4.78, 5) is 20.1. The van der Waals surface area contributed by atoms with Gasteiger partial charge in [-0.1, -0.05) is 36.4 Å². The summed E-state index contributed by atoms with van der Waals surface area (Å²) in [7, 11) is 0. The third kappa shape index (κ3) is 4.76. The fraction of sp³-hybridized carbons (Fsp3) is 0.481. The summed E-state index contributed by atoms with van der Waals surface area (Å²) in [5.41, 5.74) is 1.54. The van der Waals surface area contributed by atoms with Gasteiger partial charge in [-0.05, 0) is 63.1 Å². The van der Waals surface area contributed by atoms with Crippen molar-refractivity contribution < 1.29 is 14.3 Å². The van der Waals surface area contributed by atoms with E-state index in [0.29, 0.717) is 18.5 Å². The van der Waals surface area contributed by atoms with E-state index in [4.69, 9.17) is 14.5 Å². The Morgan fingerprint density at radius 1 is 1.06 bits per heavy atom. The van der Waals surface area contributed by atoms with Crippen LogP contribution in [-0.4, -0.2) is 48.0 Å². The van der Waals surface area contributed by atoms with Gasteiger partial charge in [0.25, 0.3) is 5.91 Å². The number of carbonyl (C=O) groups excluding carboxylic acids is 1. The number of piperidine rings is 1. The molecule has 33 heavy (non-hydrogen) atoms. The van der Waals surface area contributed by atoms with E-state index >= 15 is 0 Å². The minimum atomic E-state index is -0.628. The van der Waals surface area contributed by atoms with Crippen molar-refractivity contribution >= 4 is 11.7 Å². The number of rotatable bonds is 7. The maximum Gasteiger partial charge on any atom is 0.253 e. The summed E-state index contributed by atoms with van der Waals surface area (Å²) in [6.07, 6.45) is 6.53. The van der Waals surface area contributed by atoms with Gasteiger partial charge < -0.3 is 14.8 Å². The topological polar surface area (TPSA) is 63.2 Å². The van der Waals surface area contributed by atoms with Gasteiger partial charge in [-0.3, -0.25) is 14.7 Å². The highest BCUT2D eigenvalue weighted by molar-refractivity contribution is 6.15. The van der Waals surface area contributed by atoms with Crippen LogP contribution in [0.5, 0.6) is 11.5 Å². The molecule has 1 saturated carbocycles. The number of ether oxygens (including phenoxy) is 2. The lowest BCUT2D eigenvalue weighted by Gasteiger charge is -2.35. The van der Waals surface area contributed by atoms with Crippen molar-refractivity contribution in [3.8, 4) is 11.5 Å². The molecule has 1 aliphatic carbocycles. The lowest BCUT2D eigenvalue weighted by molar-refractivity contribution is -0.125. The lowest BCUT2D eigenvalue weighted by atomic mass is 9.88. The molecule has 1 spiro atoms. The molecule has 2 aliphatic heterocycles. The second-order valence-electron chi connectivity index (χ2n) is 9.33. The number of hydrogen-bond acceptors (Lipinski definition) is 5. The third-order valence-electron chi connectivity index (χ3n) is 7.02. The van der Waals surface area contributed by atoms with Gasteiger partial charge in [-0.25, -0.2) is 0 Å². The normalized spacial score (nSPS) is 20.6. The molecule has 6 nitrogen and oxygen atoms in total. The Bertz CT molecular complexity index is 1010. The Hall–Kier alpha value is -2.86. The minimum Gasteiger partial charge on any atom is -0.490 e. The molecule has 0 atom stereocenters. The van der Waals surface area contributed by atoms with Crippen LogP contribution in [0.1, 0.15) is 56.6 Å². The molecule has 1 saturated heterocycles. The van der Waals surface area contributed by atoms with Gasteiger partial charge in [0.2, 0.25) is 0 Å². The zero-order valence-corrected chi connectivity index (χ0v) is 19.4. The molecule has 3 aliphatic rings. The number of hydrogen-bond donors (Lipinski definition) is 1. The van der Waals surface area contributed by atoms with Crippen molar-refractivity contribution in [1.29, 1.82) is 0 Å². The van der Waals surface area contributed by atoms with Crippen LogP contribution in [0.4, 0.5) is 0 Å². The van der Waals surface area contributed by atoms with Crippen LogP contribution in [0, 0.1) is 0 Å². The molecule has 2 fully saturated rings. The predicted molar refractivity (Wildman–Crippen MR) is 129 cm³/mol. The first-order chi connectivity index (χ1) is 16.1. The second kappa shape index (κ2) is 9.56. The largest absolute Gasteiger partial charge is 0.490 e. The molecule has 2 aromatic carbocycles. The highest BCUT2D eigenvalue weighted by atomic mass is 16.5. The molecular weight excluding hydrogens is 414 g/mol. The van der Waals surface area contributed by atoms with Gasteiger partial charge >= 0.3 is 0 Å². The van der Waals surface area contributed by atoms with E-state index in [2.05, 4.69) is 28.4 Å². The molecule has 1 N–H and O–H groups in total. The van der Waals surface area contributed by atoms with Crippen LogP contribution in [0.15, 0.2) is 53.5 Å². The number of amides is 1. The molecule has 6 heteroatoms. The molecule has 5 rings (SSSR count). The molecule has 0 radical (unpaired) electrons. The van der Waals surface area contributed by atoms with Crippen molar-refractivity contribution in [2.24, 2.45) is 4.99 Å². The highest BCUT2D eigenvalue weighted by Crippen LogP contribution is 2.35. The number of benzene rings is 2. The van der Waals surface area contributed by atoms with Crippen LogP contribution in [0.2, 0.25) is 0 Å². The summed E-state index contributed by atoms with van der Waals surface area (Å²) in [6.45, 7) is 5.13. The smallest absolute Gasteiger partial charge is 0.253 e. The van der Waals surface area contributed by atoms with E-state index < -0.39 is 5.54 Å². The average Bonchev–Trinajstić information content (AvgIpc) is 3.46. The van der Waals surface area contributed by atoms with Crippen molar-refractivity contribution in [1.82, 2.24) is 10.2 Å². The van der Waals surface area contributed by atoms with Crippen LogP contribution >= 0.6 is 0 Å². The second-order valence-corrected chi connectivity index (χ2v) is 9.33. The molecule has 1 amide bonds. The SMILES string of the molecule is CCOc1cc(CN2CCC3(CC2)N=C(c2ccccc2)NC3=O)ccc1OC1CCCC1. The molecule has 2 aromatic rings. The van der Waals surface area contributed by atoms with Gasteiger partial charge in [-0.15, -0.1) is 0 Å². The summed E-state index contributed by atoms with van der Waals surface area (Å²) in [5, 5.41) is 3.01. The van der Waals surface area contributed by atoms with Crippen molar-refractivity contribution in [3.05, 3.63) is 59.7 Å². The van der Waals surface area contributed by atoms with E-state index in [0.717, 1.165) is 62.4 Å². The van der Waals surface area contributed by atoms with Gasteiger partial charge in [-0.2, -0.15) is 0 Å². The molecule has 174 valence electrons. The first-order valence-electron chi connectivity index (χ1n) is 12.3. The fourth-order valence-corrected chi connectivity index (χ4v) is 5.13. The van der Waals surface area contributed by atoms with Crippen LogP contribution in [0.25, 0.3) is 0 Å². The zero-order valence-electron chi connectivity index (χ0n) is 19.4. The lowest BCUT2D eigenvalue weighted by Crippen LogP contribution is -2.48. The molecule has 0 bridgehead atoms. The van der Waals surface area contributed by atoms with Gasteiger partial charge in [0.15, 0.2) is 11.5 Å². The number of amidine groups is 1. The Morgan fingerprint density at radius 2 is 1.82 bits per heavy atom. The van der Waals surface area contributed by atoms with E-state index in [1.807, 2.05) is 37.3 Å². The monoisotopic (exact) mass is 447 g/mol. The van der Waals surface area contributed by atoms with Crippen LogP contribution in [0.3, 0.4) is 0 Å². The Labute approximate surface area is 196 Å². The molecule has 2 heterocycles. The summed E-state index contributed by atoms with van der Waals surface area (Å²) >= 11 is 0. The molecular formula is C27H33N3O3. The summed E-state index contributed by atoms with van der Waals surface area (Å²) < 4.78 is 12.1. The zero-order chi connectivity index (χ0) is 22.7. The Morgan fingerprint density at radius 3 is 2.55 bits per heavy atom. The van der Waals surface area contributed by atoms with Gasteiger partial charge in [0.05, 0.1) is 12.7 Å². The number of carbonyl (C=O) groups is 1. The van der Waals surface area contributed by atoms with E-state index in [-0.39, 0.29) is 5.91 Å². The Balaban J connectivity index is 1.23. The van der Waals surface area contributed by atoms with Crippen molar-refractivity contribution in [2.75, 3.05) is 19.7 Å². The third-order valence-corrected chi connectivity index (χ3v) is 7.02. The van der Waals surface area contributed by atoms with E-state index in [1.54, 1.807) is 0 Å². The van der Waals surface area contributed by atoms with Gasteiger partial charge in [0, 0.05) is 25.2 Å². The highest BCUT2D eigenvalue weighted by Gasteiger charge is 2.45. The molecule has 0 aromatic heterocycles. The summed E-state index contributed by atoms with van der Waals surface area (Å²) in [5.74, 6) is 2.43. The van der Waals surface area contributed by atoms with E-state index in [9.17, 15) is 4.79 Å². The number of nitrogens with one attached hydrogen (secondary N) is 1. The number of aliphatic imine (C=N–C) groups is 1. The van der Waals surface area contributed by atoms with Crippen molar-refractivity contribution in [2.45, 2.75) is 63.6 Å². The van der Waals surface area contributed by atoms with Crippen LogP contribution in [-0.2, 0) is 11.3 Å². The number of likely N-dealkylation sites (tertiary alicyclic amines) is 1. The minimum absolute atomic E-state index is 0.0352. The quantitative estimate of drug-likeness (QED) is 0.687. The summed E-state index contributed by atoms with van der Waals surface area (Å²) in [6, 6.07) is 16.2. The molecule has 0 unspecified atom stereocenters. The number of nitrogens with zero attached hydrogens (tertiary/aromatic N) is 2. The standard InChI is InChI=1S/C27H33N3O3/c1-2-32-24-18-20(12-13-23(24)33-22-10-6-7-11-22)19-30-16-14-27(15-17-30)26(31)28-25(29-27)21-8-4-3-5-9-21/h3-5,8-9,12-13,18,22H,2,6-7,10-11,14-17,19H2,1H3,(H,28,29,31). The van der Waals surface area contributed by atoms with Crippen LogP contribution < -0.4 is 14.8 Å². The predicted octanol–water partition coefficient (Wildman–Crippen LogP) is 4.32. The van der Waals surface area contributed by atoms with E-state index in [1.165, 1.54) is 18.4 Å². The fourth-order valence-electron chi connectivity index (χ4n) is 5.13. The van der Waals surface area contributed by atoms with Crippen molar-refractivity contribution in [3.63, 3.8) is 0 Å². The maximum atomic E-state index is 12.8. The van der Waals surface area contributed by atoms with Gasteiger partial charge in [0.1, 0.15) is 11.4 Å².